The monoisotopic (exact) mass is 310 g/mol. The van der Waals surface area contributed by atoms with Gasteiger partial charge in [0, 0.05) is 13.1 Å². The number of rotatable bonds is 8. The first-order valence-electron chi connectivity index (χ1n) is 7.85. The smallest absolute Gasteiger partial charge is 0.215 e. The van der Waals surface area contributed by atoms with Crippen LogP contribution in [0.4, 0.5) is 0 Å². The lowest BCUT2D eigenvalue weighted by Crippen LogP contribution is -2.29. The van der Waals surface area contributed by atoms with Crippen molar-refractivity contribution < 1.29 is 8.42 Å². The highest BCUT2D eigenvalue weighted by Crippen LogP contribution is 2.24. The van der Waals surface area contributed by atoms with Crippen molar-refractivity contribution >= 4 is 10.0 Å². The Hall–Kier alpha value is -0.910. The highest BCUT2D eigenvalue weighted by Gasteiger charge is 2.18. The van der Waals surface area contributed by atoms with Gasteiger partial charge in [0.15, 0.2) is 0 Å². The summed E-state index contributed by atoms with van der Waals surface area (Å²) in [5.41, 5.74) is 2.02. The lowest BCUT2D eigenvalue weighted by atomic mass is 10.1. The van der Waals surface area contributed by atoms with Crippen molar-refractivity contribution in [2.75, 3.05) is 13.1 Å². The number of nitrogens with one attached hydrogen (secondary N) is 2. The van der Waals surface area contributed by atoms with E-state index in [-0.39, 0.29) is 5.75 Å². The number of hydrogen-bond donors (Lipinski definition) is 2. The molecule has 0 saturated heterocycles. The molecule has 2 N–H and O–H groups in total. The van der Waals surface area contributed by atoms with E-state index >= 15 is 0 Å². The van der Waals surface area contributed by atoms with Crippen molar-refractivity contribution in [3.8, 4) is 0 Å². The molecule has 118 valence electrons. The van der Waals surface area contributed by atoms with E-state index in [0.717, 1.165) is 31.5 Å². The minimum atomic E-state index is -3.22. The topological polar surface area (TPSA) is 58.2 Å². The molecule has 0 aromatic heterocycles. The molecule has 0 bridgehead atoms. The van der Waals surface area contributed by atoms with E-state index in [2.05, 4.69) is 17.0 Å². The van der Waals surface area contributed by atoms with Crippen LogP contribution in [0.15, 0.2) is 24.3 Å². The molecule has 5 heteroatoms. The van der Waals surface area contributed by atoms with Gasteiger partial charge in [0.05, 0.1) is 5.75 Å². The van der Waals surface area contributed by atoms with Gasteiger partial charge in [-0.05, 0) is 36.4 Å². The van der Waals surface area contributed by atoms with Crippen LogP contribution in [0, 0.1) is 5.92 Å². The molecule has 0 heterocycles. The van der Waals surface area contributed by atoms with E-state index in [1.54, 1.807) is 0 Å². The van der Waals surface area contributed by atoms with Gasteiger partial charge in [-0.15, -0.1) is 0 Å². The third-order valence-electron chi connectivity index (χ3n) is 4.03. The van der Waals surface area contributed by atoms with Gasteiger partial charge >= 0.3 is 0 Å². The summed E-state index contributed by atoms with van der Waals surface area (Å²) in [6.07, 6.45) is 4.78. The van der Waals surface area contributed by atoms with Crippen molar-refractivity contribution in [2.24, 2.45) is 5.92 Å². The van der Waals surface area contributed by atoms with Gasteiger partial charge in [0.2, 0.25) is 10.0 Å². The molecule has 1 aliphatic rings. The molecule has 4 nitrogen and oxygen atoms in total. The Balaban J connectivity index is 1.84. The van der Waals surface area contributed by atoms with Crippen LogP contribution in [0.1, 0.15) is 43.7 Å². The molecule has 0 radical (unpaired) electrons. The molecule has 1 fully saturated rings. The minimum absolute atomic E-state index is 0.0706. The summed E-state index contributed by atoms with van der Waals surface area (Å²) >= 11 is 0. The Bertz CT molecular complexity index is 520. The highest BCUT2D eigenvalue weighted by atomic mass is 32.2. The number of sulfonamides is 1. The van der Waals surface area contributed by atoms with Crippen molar-refractivity contribution in [1.82, 2.24) is 10.0 Å². The molecule has 21 heavy (non-hydrogen) atoms. The Morgan fingerprint density at radius 3 is 2.33 bits per heavy atom. The second kappa shape index (κ2) is 7.92. The van der Waals surface area contributed by atoms with Crippen LogP contribution in [-0.4, -0.2) is 21.5 Å². The van der Waals surface area contributed by atoms with Gasteiger partial charge < -0.3 is 5.32 Å². The fourth-order valence-electron chi connectivity index (χ4n) is 2.75. The average Bonchev–Trinajstić information content (AvgIpc) is 2.98. The maximum Gasteiger partial charge on any atom is 0.215 e. The van der Waals surface area contributed by atoms with E-state index in [4.69, 9.17) is 0 Å². The second-order valence-electron chi connectivity index (χ2n) is 5.85. The average molecular weight is 310 g/mol. The zero-order valence-electron chi connectivity index (χ0n) is 12.8. The standard InChI is InChI=1S/C16H26N2O2S/c1-2-17-11-15-7-9-16(10-8-15)13-21(19,20)18-12-14-5-3-4-6-14/h7-10,14,17-18H,2-6,11-13H2,1H3. The molecule has 0 unspecified atom stereocenters. The molecule has 0 atom stereocenters. The first-order chi connectivity index (χ1) is 10.1. The summed E-state index contributed by atoms with van der Waals surface area (Å²) in [5.74, 6) is 0.601. The quantitative estimate of drug-likeness (QED) is 0.775. The van der Waals surface area contributed by atoms with Gasteiger partial charge in [-0.3, -0.25) is 0 Å². The van der Waals surface area contributed by atoms with E-state index in [1.807, 2.05) is 24.3 Å². The Kier molecular flexibility index (Phi) is 6.21. The summed E-state index contributed by atoms with van der Waals surface area (Å²) in [7, 11) is -3.22. The van der Waals surface area contributed by atoms with Crippen molar-refractivity contribution in [1.29, 1.82) is 0 Å². The molecular formula is C16H26N2O2S. The third kappa shape index (κ3) is 5.77. The predicted octanol–water partition coefficient (Wildman–Crippen LogP) is 2.41. The Labute approximate surface area is 128 Å². The molecule has 1 saturated carbocycles. The molecule has 0 spiro atoms. The lowest BCUT2D eigenvalue weighted by molar-refractivity contribution is 0.519. The van der Waals surface area contributed by atoms with Crippen molar-refractivity contribution in [3.63, 3.8) is 0 Å². The van der Waals surface area contributed by atoms with E-state index < -0.39 is 10.0 Å². The maximum absolute atomic E-state index is 12.1. The van der Waals surface area contributed by atoms with Crippen molar-refractivity contribution in [3.05, 3.63) is 35.4 Å². The van der Waals surface area contributed by atoms with Gasteiger partial charge in [-0.2, -0.15) is 0 Å². The molecule has 2 rings (SSSR count). The SMILES string of the molecule is CCNCc1ccc(CS(=O)(=O)NCC2CCCC2)cc1. The summed E-state index contributed by atoms with van der Waals surface area (Å²) in [6, 6.07) is 7.79. The van der Waals surface area contributed by atoms with E-state index in [1.165, 1.54) is 18.4 Å². The Morgan fingerprint density at radius 1 is 1.10 bits per heavy atom. The van der Waals surface area contributed by atoms with Crippen LogP contribution in [0.3, 0.4) is 0 Å². The highest BCUT2D eigenvalue weighted by molar-refractivity contribution is 7.88. The molecule has 1 aromatic carbocycles. The zero-order valence-corrected chi connectivity index (χ0v) is 13.6. The van der Waals surface area contributed by atoms with Gasteiger partial charge in [-0.25, -0.2) is 13.1 Å². The second-order valence-corrected chi connectivity index (χ2v) is 7.66. The summed E-state index contributed by atoms with van der Waals surface area (Å²) < 4.78 is 26.9. The molecule has 0 aliphatic heterocycles. The first kappa shape index (κ1) is 16.5. The molecule has 1 aromatic rings. The fourth-order valence-corrected chi connectivity index (χ4v) is 3.98. The van der Waals surface area contributed by atoms with Crippen LogP contribution < -0.4 is 10.0 Å². The van der Waals surface area contributed by atoms with Crippen molar-refractivity contribution in [2.45, 2.75) is 44.9 Å². The zero-order chi connectivity index (χ0) is 15.1. The lowest BCUT2D eigenvalue weighted by Gasteiger charge is -2.11. The van der Waals surface area contributed by atoms with Gasteiger partial charge in [0.25, 0.3) is 0 Å². The van der Waals surface area contributed by atoms with Crippen LogP contribution >= 0.6 is 0 Å². The van der Waals surface area contributed by atoms with E-state index in [0.29, 0.717) is 12.5 Å². The van der Waals surface area contributed by atoms with Crippen LogP contribution in [-0.2, 0) is 22.3 Å². The molecule has 0 amide bonds. The van der Waals surface area contributed by atoms with Crippen LogP contribution in [0.25, 0.3) is 0 Å². The van der Waals surface area contributed by atoms with E-state index in [9.17, 15) is 8.42 Å². The third-order valence-corrected chi connectivity index (χ3v) is 5.35. The summed E-state index contributed by atoms with van der Waals surface area (Å²) in [5, 5.41) is 3.25. The van der Waals surface area contributed by atoms with Gasteiger partial charge in [-0.1, -0.05) is 44.0 Å². The van der Waals surface area contributed by atoms with Crippen LogP contribution in [0.5, 0.6) is 0 Å². The number of hydrogen-bond acceptors (Lipinski definition) is 3. The Morgan fingerprint density at radius 2 is 1.71 bits per heavy atom. The fraction of sp³-hybridized carbons (Fsp3) is 0.625. The molecule has 1 aliphatic carbocycles. The normalized spacial score (nSPS) is 16.4. The summed E-state index contributed by atoms with van der Waals surface area (Å²) in [4.78, 5) is 0. The predicted molar refractivity (Wildman–Crippen MR) is 86.4 cm³/mol. The van der Waals surface area contributed by atoms with Gasteiger partial charge in [0.1, 0.15) is 0 Å². The first-order valence-corrected chi connectivity index (χ1v) is 9.50. The largest absolute Gasteiger partial charge is 0.313 e. The molecular weight excluding hydrogens is 284 g/mol. The summed E-state index contributed by atoms with van der Waals surface area (Å²) in [6.45, 7) is 4.42. The number of benzene rings is 1. The maximum atomic E-state index is 12.1. The van der Waals surface area contributed by atoms with Crippen LogP contribution in [0.2, 0.25) is 0 Å². The minimum Gasteiger partial charge on any atom is -0.313 e.